The van der Waals surface area contributed by atoms with Crippen molar-refractivity contribution in [3.63, 3.8) is 0 Å². The first kappa shape index (κ1) is 33.7. The fourth-order valence-electron chi connectivity index (χ4n) is 6.61. The average Bonchev–Trinajstić information content (AvgIpc) is 3.92. The van der Waals surface area contributed by atoms with Crippen molar-refractivity contribution in [1.29, 1.82) is 0 Å². The molecular formula is C38H44ClN3O6. The highest BCUT2D eigenvalue weighted by molar-refractivity contribution is 6.32. The van der Waals surface area contributed by atoms with Crippen LogP contribution in [0.15, 0.2) is 60.2 Å². The molecule has 3 aliphatic rings. The van der Waals surface area contributed by atoms with Gasteiger partial charge in [0.25, 0.3) is 5.91 Å². The van der Waals surface area contributed by atoms with E-state index in [2.05, 4.69) is 5.32 Å². The van der Waals surface area contributed by atoms with Crippen LogP contribution >= 0.6 is 11.6 Å². The Labute approximate surface area is 287 Å². The van der Waals surface area contributed by atoms with Gasteiger partial charge in [-0.2, -0.15) is 0 Å². The van der Waals surface area contributed by atoms with E-state index in [1.54, 1.807) is 21.1 Å². The van der Waals surface area contributed by atoms with Crippen LogP contribution in [0.4, 0.5) is 0 Å². The van der Waals surface area contributed by atoms with Crippen LogP contribution in [-0.4, -0.2) is 80.3 Å². The standard InChI is InChI=1S/C38H44ClN3O6/c1-23-14-34(39)36(15-24(23)2)48-13-12-47-30-10-6-27(7-11-30)33-18-28-21-41(25(3)43)22-35(40-28)37(33)38(44)42(29-8-9-29)20-26-16-31(45-4)19-32(17-26)46-5/h6-7,10-11,14-17,19,28-29,35,40H,8-9,12-13,18,20-22H2,1-5H3. The van der Waals surface area contributed by atoms with E-state index >= 15 is 0 Å². The second-order valence-corrected chi connectivity index (χ2v) is 13.3. The van der Waals surface area contributed by atoms with Crippen LogP contribution in [0.2, 0.25) is 5.02 Å². The number of benzene rings is 3. The molecule has 6 rings (SSSR count). The summed E-state index contributed by atoms with van der Waals surface area (Å²) in [5.74, 6) is 2.75. The predicted molar refractivity (Wildman–Crippen MR) is 186 cm³/mol. The number of nitrogens with one attached hydrogen (secondary N) is 1. The molecule has 2 unspecified atom stereocenters. The highest BCUT2D eigenvalue weighted by Gasteiger charge is 2.43. The quantitative estimate of drug-likeness (QED) is 0.237. The second kappa shape index (κ2) is 14.5. The van der Waals surface area contributed by atoms with E-state index in [1.165, 1.54) is 0 Å². The van der Waals surface area contributed by atoms with Crippen LogP contribution in [0.25, 0.3) is 5.57 Å². The molecule has 0 aromatic heterocycles. The summed E-state index contributed by atoms with van der Waals surface area (Å²) < 4.78 is 22.9. The lowest BCUT2D eigenvalue weighted by Crippen LogP contribution is -2.61. The number of carbonyl (C=O) groups excluding carboxylic acids is 2. The molecule has 0 radical (unpaired) electrons. The predicted octanol–water partition coefficient (Wildman–Crippen LogP) is 5.97. The van der Waals surface area contributed by atoms with Gasteiger partial charge in [0.05, 0.1) is 25.3 Å². The third-order valence-corrected chi connectivity index (χ3v) is 9.75. The first-order valence-corrected chi connectivity index (χ1v) is 16.9. The maximum absolute atomic E-state index is 14.7. The van der Waals surface area contributed by atoms with Crippen molar-refractivity contribution in [3.05, 3.63) is 87.4 Å². The largest absolute Gasteiger partial charge is 0.497 e. The molecule has 1 aliphatic carbocycles. The van der Waals surface area contributed by atoms with E-state index in [9.17, 15) is 9.59 Å². The number of hydrogen-bond acceptors (Lipinski definition) is 7. The molecule has 254 valence electrons. The lowest BCUT2D eigenvalue weighted by Gasteiger charge is -2.44. The molecule has 9 nitrogen and oxygen atoms in total. The third kappa shape index (κ3) is 7.58. The van der Waals surface area contributed by atoms with Gasteiger partial charge in [-0.1, -0.05) is 23.7 Å². The third-order valence-electron chi connectivity index (χ3n) is 9.45. The van der Waals surface area contributed by atoms with E-state index < -0.39 is 0 Å². The normalized spacial score (nSPS) is 18.8. The Morgan fingerprint density at radius 2 is 1.56 bits per heavy atom. The number of carbonyl (C=O) groups is 2. The van der Waals surface area contributed by atoms with Crippen molar-refractivity contribution in [1.82, 2.24) is 15.1 Å². The highest BCUT2D eigenvalue weighted by atomic mass is 35.5. The monoisotopic (exact) mass is 673 g/mol. The Balaban J connectivity index is 1.23. The van der Waals surface area contributed by atoms with Crippen LogP contribution in [0.1, 0.15) is 48.4 Å². The minimum absolute atomic E-state index is 0.00174. The van der Waals surface area contributed by atoms with Crippen molar-refractivity contribution in [2.75, 3.05) is 40.5 Å². The summed E-state index contributed by atoms with van der Waals surface area (Å²) in [7, 11) is 3.25. The molecule has 1 saturated heterocycles. The van der Waals surface area contributed by atoms with Gasteiger partial charge >= 0.3 is 0 Å². The fraction of sp³-hybridized carbons (Fsp3) is 0.421. The van der Waals surface area contributed by atoms with Gasteiger partial charge in [0, 0.05) is 50.3 Å². The summed E-state index contributed by atoms with van der Waals surface area (Å²) in [6, 6.07) is 17.5. The first-order chi connectivity index (χ1) is 23.1. The molecule has 1 saturated carbocycles. The van der Waals surface area contributed by atoms with Crippen LogP contribution in [0, 0.1) is 13.8 Å². The van der Waals surface area contributed by atoms with Gasteiger partial charge in [0.1, 0.15) is 36.2 Å². The van der Waals surface area contributed by atoms with Gasteiger partial charge in [0.15, 0.2) is 0 Å². The molecule has 0 spiro atoms. The van der Waals surface area contributed by atoms with E-state index in [0.29, 0.717) is 67.3 Å². The summed E-state index contributed by atoms with van der Waals surface area (Å²) in [4.78, 5) is 31.0. The number of ether oxygens (including phenoxy) is 4. The zero-order valence-electron chi connectivity index (χ0n) is 28.3. The summed E-state index contributed by atoms with van der Waals surface area (Å²) in [5.41, 5.74) is 5.91. The Morgan fingerprint density at radius 1 is 0.896 bits per heavy atom. The second-order valence-electron chi connectivity index (χ2n) is 12.9. The number of hydrogen-bond donors (Lipinski definition) is 1. The maximum Gasteiger partial charge on any atom is 0.252 e. The van der Waals surface area contributed by atoms with Gasteiger partial charge in [-0.25, -0.2) is 0 Å². The minimum Gasteiger partial charge on any atom is -0.497 e. The van der Waals surface area contributed by atoms with Gasteiger partial charge in [0.2, 0.25) is 5.91 Å². The number of aryl methyl sites for hydroxylation is 2. The van der Waals surface area contributed by atoms with Crippen molar-refractivity contribution < 1.29 is 28.5 Å². The minimum atomic E-state index is -0.268. The van der Waals surface area contributed by atoms with E-state index in [0.717, 1.165) is 46.2 Å². The molecule has 2 fully saturated rings. The van der Waals surface area contributed by atoms with Crippen LogP contribution in [0.5, 0.6) is 23.0 Å². The molecule has 3 aromatic rings. The Bertz CT molecular complexity index is 1680. The summed E-state index contributed by atoms with van der Waals surface area (Å²) >= 11 is 6.36. The molecule has 1 N–H and O–H groups in total. The number of amides is 2. The highest BCUT2D eigenvalue weighted by Crippen LogP contribution is 2.38. The van der Waals surface area contributed by atoms with Crippen LogP contribution < -0.4 is 24.3 Å². The lowest BCUT2D eigenvalue weighted by atomic mass is 9.82. The number of fused-ring (bicyclic) bond motifs is 2. The SMILES string of the molecule is COc1cc(CN(C(=O)C2=C(c3ccc(OCCOc4cc(C)c(C)cc4Cl)cc3)CC3CN(C(C)=O)CC2N3)C2CC2)cc(OC)c1. The summed E-state index contributed by atoms with van der Waals surface area (Å²) in [6.07, 6.45) is 2.56. The Kier molecular flexibility index (Phi) is 10.2. The molecule has 3 aromatic carbocycles. The summed E-state index contributed by atoms with van der Waals surface area (Å²) in [5, 5.41) is 4.25. The zero-order valence-corrected chi connectivity index (χ0v) is 29.1. The first-order valence-electron chi connectivity index (χ1n) is 16.5. The lowest BCUT2D eigenvalue weighted by molar-refractivity contribution is -0.132. The van der Waals surface area contributed by atoms with Crippen LogP contribution in [0.3, 0.4) is 0 Å². The van der Waals surface area contributed by atoms with Gasteiger partial charge in [-0.05, 0) is 97.3 Å². The molecule has 2 amide bonds. The zero-order chi connectivity index (χ0) is 33.9. The topological polar surface area (TPSA) is 89.6 Å². The number of rotatable bonds is 12. The molecular weight excluding hydrogens is 630 g/mol. The number of nitrogens with zero attached hydrogens (tertiary/aromatic N) is 2. The summed E-state index contributed by atoms with van der Waals surface area (Å²) in [6.45, 7) is 7.85. The Hall–Kier alpha value is -4.21. The molecule has 2 bridgehead atoms. The number of methoxy groups -OCH3 is 2. The van der Waals surface area contributed by atoms with Crippen molar-refractivity contribution in [3.8, 4) is 23.0 Å². The average molecular weight is 674 g/mol. The molecule has 2 aliphatic heterocycles. The molecule has 2 heterocycles. The maximum atomic E-state index is 14.7. The van der Waals surface area contributed by atoms with Gasteiger partial charge in [-0.15, -0.1) is 0 Å². The van der Waals surface area contributed by atoms with E-state index in [-0.39, 0.29) is 29.9 Å². The number of halogens is 1. The molecule has 10 heteroatoms. The van der Waals surface area contributed by atoms with Gasteiger partial charge < -0.3 is 34.1 Å². The molecule has 48 heavy (non-hydrogen) atoms. The van der Waals surface area contributed by atoms with Gasteiger partial charge in [-0.3, -0.25) is 9.59 Å². The van der Waals surface area contributed by atoms with E-state index in [4.69, 9.17) is 30.5 Å². The van der Waals surface area contributed by atoms with Crippen molar-refractivity contribution in [2.45, 2.75) is 64.7 Å². The molecule has 2 atom stereocenters. The number of piperazine rings is 1. The van der Waals surface area contributed by atoms with Crippen molar-refractivity contribution >= 4 is 29.0 Å². The van der Waals surface area contributed by atoms with Crippen molar-refractivity contribution in [2.24, 2.45) is 0 Å². The Morgan fingerprint density at radius 3 is 2.21 bits per heavy atom. The fourth-order valence-corrected chi connectivity index (χ4v) is 6.89. The smallest absolute Gasteiger partial charge is 0.252 e. The van der Waals surface area contributed by atoms with E-state index in [1.807, 2.05) is 78.2 Å². The van der Waals surface area contributed by atoms with Crippen LogP contribution in [-0.2, 0) is 16.1 Å².